The molecule has 0 radical (unpaired) electrons. The van der Waals surface area contributed by atoms with Crippen LogP contribution in [0.25, 0.3) is 0 Å². The van der Waals surface area contributed by atoms with Crippen LogP contribution in [0.3, 0.4) is 0 Å². The number of hydrogen-bond acceptors (Lipinski definition) is 4. The molecule has 1 N–H and O–H groups in total. The molecule has 1 atom stereocenters. The van der Waals surface area contributed by atoms with Gasteiger partial charge >= 0.3 is 5.97 Å². The number of ether oxygens (including phenoxy) is 1. The number of quaternary nitrogens is 1. The highest BCUT2D eigenvalue weighted by Crippen LogP contribution is 2.41. The Kier molecular flexibility index (Phi) is 5.21. The second-order valence-electron chi connectivity index (χ2n) is 6.62. The molecule has 0 spiro atoms. The zero-order chi connectivity index (χ0) is 16.2. The Morgan fingerprint density at radius 2 is 1.91 bits per heavy atom. The van der Waals surface area contributed by atoms with Gasteiger partial charge in [0, 0.05) is 0 Å². The average molecular weight is 307 g/mol. The molecule has 0 aromatic heterocycles. The predicted molar refractivity (Wildman–Crippen MR) is 83.9 cm³/mol. The standard InChI is InChI=1S/C17H25NO4/c1-18(2,21)12-13-22-16(19)15(14-8-4-3-5-9-14)17(20)10-6-7-11-17/h3-5,8-9,15,20H,6-7,10-13H2,1-2H3. The molecule has 0 aliphatic heterocycles. The zero-order valence-electron chi connectivity index (χ0n) is 13.3. The van der Waals surface area contributed by atoms with Gasteiger partial charge in [-0.15, -0.1) is 0 Å². The van der Waals surface area contributed by atoms with Crippen molar-refractivity contribution in [3.8, 4) is 0 Å². The fourth-order valence-corrected chi connectivity index (χ4v) is 3.04. The molecule has 0 heterocycles. The van der Waals surface area contributed by atoms with E-state index in [0.717, 1.165) is 18.4 Å². The highest BCUT2D eigenvalue weighted by Gasteiger charge is 2.45. The minimum atomic E-state index is -1.04. The maximum Gasteiger partial charge on any atom is 0.316 e. The molecule has 1 aromatic carbocycles. The third kappa shape index (κ3) is 4.29. The van der Waals surface area contributed by atoms with E-state index in [1.807, 2.05) is 30.3 Å². The molecular weight excluding hydrogens is 282 g/mol. The number of carbonyl (C=O) groups is 1. The van der Waals surface area contributed by atoms with Crippen molar-refractivity contribution in [2.24, 2.45) is 0 Å². The van der Waals surface area contributed by atoms with Crippen LogP contribution in [0.2, 0.25) is 0 Å². The number of hydrogen-bond donors (Lipinski definition) is 1. The first-order valence-electron chi connectivity index (χ1n) is 7.80. The number of aliphatic hydroxyl groups is 1. The van der Waals surface area contributed by atoms with E-state index in [0.29, 0.717) is 12.8 Å². The number of benzene rings is 1. The summed E-state index contributed by atoms with van der Waals surface area (Å²) < 4.78 is 4.79. The van der Waals surface area contributed by atoms with Gasteiger partial charge in [-0.2, -0.15) is 0 Å². The van der Waals surface area contributed by atoms with Crippen molar-refractivity contribution >= 4 is 5.97 Å². The van der Waals surface area contributed by atoms with Crippen molar-refractivity contribution in [2.75, 3.05) is 27.2 Å². The van der Waals surface area contributed by atoms with Crippen LogP contribution in [-0.2, 0) is 9.53 Å². The summed E-state index contributed by atoms with van der Waals surface area (Å²) in [6.07, 6.45) is 3.03. The number of nitrogens with zero attached hydrogens (tertiary/aromatic N) is 1. The van der Waals surface area contributed by atoms with Gasteiger partial charge < -0.3 is 19.7 Å². The van der Waals surface area contributed by atoms with E-state index < -0.39 is 22.1 Å². The van der Waals surface area contributed by atoms with Crippen molar-refractivity contribution < 1.29 is 19.3 Å². The third-order valence-electron chi connectivity index (χ3n) is 4.25. The van der Waals surface area contributed by atoms with E-state index in [9.17, 15) is 15.1 Å². The summed E-state index contributed by atoms with van der Waals surface area (Å²) in [6.45, 7) is 0.264. The molecule has 1 fully saturated rings. The smallest absolute Gasteiger partial charge is 0.316 e. The topological polar surface area (TPSA) is 69.6 Å². The van der Waals surface area contributed by atoms with Gasteiger partial charge in [-0.1, -0.05) is 43.2 Å². The van der Waals surface area contributed by atoms with Crippen LogP contribution >= 0.6 is 0 Å². The highest BCUT2D eigenvalue weighted by molar-refractivity contribution is 5.80. The second kappa shape index (κ2) is 6.77. The van der Waals surface area contributed by atoms with Crippen molar-refractivity contribution in [2.45, 2.75) is 37.2 Å². The number of carbonyl (C=O) groups excluding carboxylic acids is 1. The van der Waals surface area contributed by atoms with Gasteiger partial charge in [0.2, 0.25) is 0 Å². The van der Waals surface area contributed by atoms with Crippen molar-refractivity contribution in [1.82, 2.24) is 0 Å². The largest absolute Gasteiger partial charge is 0.633 e. The SMILES string of the molecule is C[N+](C)([O-])CCOC(=O)C(c1ccccc1)C1(O)CCCC1. The van der Waals surface area contributed by atoms with Gasteiger partial charge in [-0.3, -0.25) is 4.79 Å². The van der Waals surface area contributed by atoms with Crippen molar-refractivity contribution in [3.05, 3.63) is 41.1 Å². The Labute approximate surface area is 131 Å². The first-order chi connectivity index (χ1) is 10.3. The normalized spacial score (nSPS) is 18.9. The molecule has 0 bridgehead atoms. The first-order valence-corrected chi connectivity index (χ1v) is 7.80. The summed E-state index contributed by atoms with van der Waals surface area (Å²) in [6, 6.07) is 9.27. The van der Waals surface area contributed by atoms with Crippen LogP contribution in [0.5, 0.6) is 0 Å². The van der Waals surface area contributed by atoms with Crippen LogP contribution in [-0.4, -0.2) is 48.6 Å². The summed E-state index contributed by atoms with van der Waals surface area (Å²) in [5, 5.41) is 22.4. The molecule has 2 rings (SSSR count). The Bertz CT molecular complexity index is 489. The molecule has 5 nitrogen and oxygen atoms in total. The number of esters is 1. The van der Waals surface area contributed by atoms with Gasteiger partial charge in [0.1, 0.15) is 19.1 Å². The molecule has 22 heavy (non-hydrogen) atoms. The van der Waals surface area contributed by atoms with E-state index in [2.05, 4.69) is 0 Å². The third-order valence-corrected chi connectivity index (χ3v) is 4.25. The summed E-state index contributed by atoms with van der Waals surface area (Å²) in [5.74, 6) is -1.12. The minimum Gasteiger partial charge on any atom is -0.633 e. The zero-order valence-corrected chi connectivity index (χ0v) is 13.3. The minimum absolute atomic E-state index is 0.0642. The van der Waals surface area contributed by atoms with E-state index in [1.54, 1.807) is 0 Å². The molecule has 122 valence electrons. The highest BCUT2D eigenvalue weighted by atomic mass is 16.6. The van der Waals surface area contributed by atoms with E-state index in [-0.39, 0.29) is 13.2 Å². The summed E-state index contributed by atoms with van der Waals surface area (Å²) in [5.41, 5.74) is -0.270. The van der Waals surface area contributed by atoms with E-state index >= 15 is 0 Å². The Hall–Kier alpha value is -1.43. The molecule has 0 amide bonds. The van der Waals surface area contributed by atoms with Crippen LogP contribution in [0.4, 0.5) is 0 Å². The van der Waals surface area contributed by atoms with E-state index in [1.165, 1.54) is 14.1 Å². The maximum absolute atomic E-state index is 12.5. The molecule has 1 unspecified atom stereocenters. The van der Waals surface area contributed by atoms with Crippen LogP contribution in [0.15, 0.2) is 30.3 Å². The fourth-order valence-electron chi connectivity index (χ4n) is 3.04. The Morgan fingerprint density at radius 1 is 1.32 bits per heavy atom. The molecule has 1 aromatic rings. The Balaban J connectivity index is 2.13. The van der Waals surface area contributed by atoms with Gasteiger partial charge in [0.15, 0.2) is 0 Å². The lowest BCUT2D eigenvalue weighted by atomic mass is 9.81. The van der Waals surface area contributed by atoms with Crippen LogP contribution in [0.1, 0.15) is 37.2 Å². The molecule has 1 saturated carbocycles. The summed E-state index contributed by atoms with van der Waals surface area (Å²) in [4.78, 5) is 12.5. The summed E-state index contributed by atoms with van der Waals surface area (Å²) in [7, 11) is 3.01. The predicted octanol–water partition coefficient (Wildman–Crippen LogP) is 2.19. The first kappa shape index (κ1) is 16.9. The molecule has 1 aliphatic rings. The lowest BCUT2D eigenvalue weighted by molar-refractivity contribution is -0.840. The second-order valence-corrected chi connectivity index (χ2v) is 6.62. The average Bonchev–Trinajstić information content (AvgIpc) is 2.86. The quantitative estimate of drug-likeness (QED) is 0.497. The molecule has 1 aliphatic carbocycles. The Morgan fingerprint density at radius 3 is 2.45 bits per heavy atom. The van der Waals surface area contributed by atoms with Gasteiger partial charge in [-0.25, -0.2) is 0 Å². The van der Waals surface area contributed by atoms with Gasteiger partial charge in [0.05, 0.1) is 19.7 Å². The molecule has 5 heteroatoms. The molecular formula is C17H25NO4. The maximum atomic E-state index is 12.5. The monoisotopic (exact) mass is 307 g/mol. The van der Waals surface area contributed by atoms with Gasteiger partial charge in [-0.05, 0) is 18.4 Å². The van der Waals surface area contributed by atoms with Crippen LogP contribution in [0, 0.1) is 5.21 Å². The van der Waals surface area contributed by atoms with Crippen molar-refractivity contribution in [3.63, 3.8) is 0 Å². The molecule has 0 saturated heterocycles. The lowest BCUT2D eigenvalue weighted by Crippen LogP contribution is -2.41. The van der Waals surface area contributed by atoms with Gasteiger partial charge in [0.25, 0.3) is 0 Å². The lowest BCUT2D eigenvalue weighted by Gasteiger charge is -2.34. The van der Waals surface area contributed by atoms with Crippen LogP contribution < -0.4 is 0 Å². The number of likely N-dealkylation sites (N-methyl/N-ethyl adjacent to an activating group) is 1. The number of hydroxylamine groups is 3. The van der Waals surface area contributed by atoms with Crippen molar-refractivity contribution in [1.29, 1.82) is 0 Å². The summed E-state index contributed by atoms with van der Waals surface area (Å²) >= 11 is 0. The number of rotatable bonds is 6. The van der Waals surface area contributed by atoms with E-state index in [4.69, 9.17) is 4.74 Å². The fraction of sp³-hybridized carbons (Fsp3) is 0.588.